The first-order valence-electron chi connectivity index (χ1n) is 8.34. The van der Waals surface area contributed by atoms with Gasteiger partial charge in [-0.15, -0.1) is 21.5 Å². The molecule has 0 radical (unpaired) electrons. The Morgan fingerprint density at radius 3 is 2.79 bits per heavy atom. The first-order valence-corrected chi connectivity index (χ1v) is 10.8. The van der Waals surface area contributed by atoms with E-state index in [2.05, 4.69) is 34.3 Å². The zero-order valence-electron chi connectivity index (χ0n) is 15.3. The van der Waals surface area contributed by atoms with Gasteiger partial charge < -0.3 is 0 Å². The van der Waals surface area contributed by atoms with Crippen LogP contribution in [0.5, 0.6) is 0 Å². The zero-order valence-corrected chi connectivity index (χ0v) is 17.8. The molecule has 0 aliphatic heterocycles. The highest BCUT2D eigenvalue weighted by Crippen LogP contribution is 2.37. The monoisotopic (exact) mass is 435 g/mol. The number of thiazole rings is 1. The summed E-state index contributed by atoms with van der Waals surface area (Å²) >= 11 is 3.93. The van der Waals surface area contributed by atoms with E-state index in [-0.39, 0.29) is 11.3 Å². The largest absolute Gasteiger partial charge is 0.296 e. The van der Waals surface area contributed by atoms with Crippen molar-refractivity contribution in [2.75, 3.05) is 5.32 Å². The molecule has 28 heavy (non-hydrogen) atoms. The number of aromatic nitrogens is 3. The molecule has 1 amide bonds. The second-order valence-corrected chi connectivity index (χ2v) is 9.56. The molecule has 2 aromatic heterocycles. The minimum atomic E-state index is -0.495. The van der Waals surface area contributed by atoms with Gasteiger partial charge in [0.05, 0.1) is 9.82 Å². The molecule has 0 spiro atoms. The molecule has 146 valence electrons. The van der Waals surface area contributed by atoms with Crippen LogP contribution in [0.25, 0.3) is 0 Å². The van der Waals surface area contributed by atoms with Gasteiger partial charge >= 0.3 is 0 Å². The third-order valence-corrected chi connectivity index (χ3v) is 6.47. The first-order chi connectivity index (χ1) is 13.3. The first kappa shape index (κ1) is 20.4. The predicted molar refractivity (Wildman–Crippen MR) is 110 cm³/mol. The lowest BCUT2D eigenvalue weighted by molar-refractivity contribution is -0.387. The molecule has 2 heterocycles. The van der Waals surface area contributed by atoms with Crippen LogP contribution in [0.1, 0.15) is 34.9 Å². The fraction of sp³-hybridized carbons (Fsp3) is 0.294. The highest BCUT2D eigenvalue weighted by molar-refractivity contribution is 8.01. The number of nitrogens with zero attached hydrogens (tertiary/aromatic N) is 4. The predicted octanol–water partition coefficient (Wildman–Crippen LogP) is 4.81. The van der Waals surface area contributed by atoms with E-state index < -0.39 is 10.8 Å². The standard InChI is InChI=1S/C17H17N5O3S3/c1-9(2)6-14-20-21-16(28-14)19-15(23)11-4-5-13(12(7-11)22(24)25)27-17-18-10(3)8-26-17/h4-5,7-9H,6H2,1-3H3,(H,19,21,23). The number of carbonyl (C=O) groups excluding carboxylic acids is 1. The average molecular weight is 436 g/mol. The van der Waals surface area contributed by atoms with Gasteiger partial charge in [0.15, 0.2) is 4.34 Å². The van der Waals surface area contributed by atoms with Crippen LogP contribution in [0.15, 0.2) is 32.8 Å². The number of benzene rings is 1. The summed E-state index contributed by atoms with van der Waals surface area (Å²) in [5, 5.41) is 25.2. The zero-order chi connectivity index (χ0) is 20.3. The Morgan fingerprint density at radius 2 is 2.14 bits per heavy atom. The third-order valence-electron chi connectivity index (χ3n) is 3.48. The smallest absolute Gasteiger partial charge is 0.284 e. The lowest BCUT2D eigenvalue weighted by Crippen LogP contribution is -2.12. The molecular formula is C17H17N5O3S3. The van der Waals surface area contributed by atoms with Crippen LogP contribution in [-0.2, 0) is 6.42 Å². The lowest BCUT2D eigenvalue weighted by Gasteiger charge is -2.04. The molecule has 0 atom stereocenters. The molecule has 0 saturated carbocycles. The average Bonchev–Trinajstić information content (AvgIpc) is 3.23. The molecule has 1 N–H and O–H groups in total. The van der Waals surface area contributed by atoms with E-state index in [9.17, 15) is 14.9 Å². The number of nitro groups is 1. The normalized spacial score (nSPS) is 11.0. The van der Waals surface area contributed by atoms with Crippen LogP contribution in [0.3, 0.4) is 0 Å². The summed E-state index contributed by atoms with van der Waals surface area (Å²) in [7, 11) is 0. The van der Waals surface area contributed by atoms with Crippen molar-refractivity contribution in [3.63, 3.8) is 0 Å². The van der Waals surface area contributed by atoms with E-state index in [4.69, 9.17) is 0 Å². The molecule has 0 aliphatic carbocycles. The molecule has 3 rings (SSSR count). The summed E-state index contributed by atoms with van der Waals surface area (Å²) in [5.41, 5.74) is 0.912. The number of anilines is 1. The summed E-state index contributed by atoms with van der Waals surface area (Å²) in [6, 6.07) is 4.40. The Balaban J connectivity index is 1.78. The van der Waals surface area contributed by atoms with Crippen molar-refractivity contribution in [3.05, 3.63) is 50.0 Å². The quantitative estimate of drug-likeness (QED) is 0.418. The van der Waals surface area contributed by atoms with Gasteiger partial charge in [-0.05, 0) is 25.0 Å². The van der Waals surface area contributed by atoms with Gasteiger partial charge in [0.2, 0.25) is 5.13 Å². The third kappa shape index (κ3) is 5.12. The van der Waals surface area contributed by atoms with Crippen LogP contribution in [0.2, 0.25) is 0 Å². The molecule has 0 unspecified atom stereocenters. The number of carbonyl (C=O) groups is 1. The van der Waals surface area contributed by atoms with Crippen LogP contribution in [0, 0.1) is 23.0 Å². The number of aryl methyl sites for hydroxylation is 1. The van der Waals surface area contributed by atoms with Crippen LogP contribution in [0.4, 0.5) is 10.8 Å². The van der Waals surface area contributed by atoms with E-state index in [0.717, 1.165) is 17.1 Å². The van der Waals surface area contributed by atoms with Gasteiger partial charge in [-0.1, -0.05) is 36.9 Å². The van der Waals surface area contributed by atoms with E-state index in [0.29, 0.717) is 20.3 Å². The van der Waals surface area contributed by atoms with Crippen LogP contribution in [-0.4, -0.2) is 26.0 Å². The Bertz CT molecular complexity index is 1020. The van der Waals surface area contributed by atoms with Crippen LogP contribution >= 0.6 is 34.4 Å². The van der Waals surface area contributed by atoms with E-state index in [1.165, 1.54) is 40.5 Å². The SMILES string of the molecule is Cc1csc(Sc2ccc(C(=O)Nc3nnc(CC(C)C)s3)cc2[N+](=O)[O-])n1. The maximum atomic E-state index is 12.5. The molecule has 3 aromatic rings. The van der Waals surface area contributed by atoms with Gasteiger partial charge in [0, 0.05) is 29.1 Å². The van der Waals surface area contributed by atoms with E-state index in [1.807, 2.05) is 12.3 Å². The summed E-state index contributed by atoms with van der Waals surface area (Å²) in [5.74, 6) is -0.0252. The van der Waals surface area contributed by atoms with Gasteiger partial charge in [0.25, 0.3) is 11.6 Å². The highest BCUT2D eigenvalue weighted by atomic mass is 32.2. The lowest BCUT2D eigenvalue weighted by atomic mass is 10.1. The minimum Gasteiger partial charge on any atom is -0.296 e. The Hall–Kier alpha value is -2.37. The van der Waals surface area contributed by atoms with E-state index >= 15 is 0 Å². The fourth-order valence-electron chi connectivity index (χ4n) is 2.27. The molecule has 0 bridgehead atoms. The summed E-state index contributed by atoms with van der Waals surface area (Å²) in [6.45, 7) is 6.01. The van der Waals surface area contributed by atoms with Crippen molar-refractivity contribution in [1.82, 2.24) is 15.2 Å². The number of nitro benzene ring substituents is 1. The Kier molecular flexibility index (Phi) is 6.37. The summed E-state index contributed by atoms with van der Waals surface area (Å²) in [6.07, 6.45) is 0.779. The van der Waals surface area contributed by atoms with Crippen molar-refractivity contribution in [1.29, 1.82) is 0 Å². The van der Waals surface area contributed by atoms with Crippen LogP contribution < -0.4 is 5.32 Å². The molecule has 1 aromatic carbocycles. The van der Waals surface area contributed by atoms with Crippen molar-refractivity contribution in [3.8, 4) is 0 Å². The maximum absolute atomic E-state index is 12.5. The van der Waals surface area contributed by atoms with Gasteiger partial charge in [0.1, 0.15) is 5.01 Å². The van der Waals surface area contributed by atoms with Crippen molar-refractivity contribution in [2.24, 2.45) is 5.92 Å². The van der Waals surface area contributed by atoms with Gasteiger partial charge in [-0.25, -0.2) is 4.98 Å². The second-order valence-electron chi connectivity index (χ2n) is 6.35. The molecular weight excluding hydrogens is 418 g/mol. The number of hydrogen-bond acceptors (Lipinski definition) is 9. The molecule has 0 fully saturated rings. The molecule has 0 saturated heterocycles. The Morgan fingerprint density at radius 1 is 1.36 bits per heavy atom. The summed E-state index contributed by atoms with van der Waals surface area (Å²) < 4.78 is 0.712. The number of rotatable bonds is 7. The minimum absolute atomic E-state index is 0.136. The summed E-state index contributed by atoms with van der Waals surface area (Å²) in [4.78, 5) is 28.2. The second kappa shape index (κ2) is 8.76. The fourth-order valence-corrected chi connectivity index (χ4v) is 5.09. The molecule has 11 heteroatoms. The maximum Gasteiger partial charge on any atom is 0.284 e. The van der Waals surface area contributed by atoms with Crippen molar-refractivity contribution in [2.45, 2.75) is 36.4 Å². The van der Waals surface area contributed by atoms with E-state index in [1.54, 1.807) is 12.1 Å². The number of hydrogen-bond donors (Lipinski definition) is 1. The van der Waals surface area contributed by atoms with Crippen molar-refractivity contribution >= 4 is 51.2 Å². The topological polar surface area (TPSA) is 111 Å². The molecule has 0 aliphatic rings. The van der Waals surface area contributed by atoms with Gasteiger partial charge in [-0.3, -0.25) is 20.2 Å². The van der Waals surface area contributed by atoms with Crippen molar-refractivity contribution < 1.29 is 9.72 Å². The molecule has 8 nitrogen and oxygen atoms in total. The van der Waals surface area contributed by atoms with Gasteiger partial charge in [-0.2, -0.15) is 0 Å². The number of nitrogens with one attached hydrogen (secondary N) is 1. The highest BCUT2D eigenvalue weighted by Gasteiger charge is 2.20. The Labute approximate surface area is 173 Å². The number of amides is 1.